The summed E-state index contributed by atoms with van der Waals surface area (Å²) in [6.45, 7) is 2.05. The lowest BCUT2D eigenvalue weighted by Crippen LogP contribution is -2.36. The van der Waals surface area contributed by atoms with E-state index in [4.69, 9.17) is 4.74 Å². The molecule has 170 valence electrons. The number of hydrogen-bond acceptors (Lipinski definition) is 8. The van der Waals surface area contributed by atoms with Crippen molar-refractivity contribution in [3.8, 4) is 11.1 Å². The molecule has 1 fully saturated rings. The molecule has 2 N–H and O–H groups in total. The summed E-state index contributed by atoms with van der Waals surface area (Å²) in [6, 6.07) is 8.07. The average molecular weight is 482 g/mol. The van der Waals surface area contributed by atoms with Crippen molar-refractivity contribution < 1.29 is 14.3 Å². The molecule has 2 amide bonds. The third kappa shape index (κ3) is 4.67. The number of benzene rings is 1. The molecule has 0 radical (unpaired) electrons. The summed E-state index contributed by atoms with van der Waals surface area (Å²) in [5.41, 5.74) is 3.07. The molecule has 1 aliphatic carbocycles. The number of carbonyl (C=O) groups is 2. The number of thiazole rings is 1. The van der Waals surface area contributed by atoms with Gasteiger partial charge in [0, 0.05) is 23.2 Å². The van der Waals surface area contributed by atoms with Crippen LogP contribution in [0.3, 0.4) is 0 Å². The van der Waals surface area contributed by atoms with Gasteiger partial charge in [-0.15, -0.1) is 0 Å². The molecule has 3 heterocycles. The van der Waals surface area contributed by atoms with Gasteiger partial charge in [-0.2, -0.15) is 4.37 Å². The Morgan fingerprint density at radius 1 is 1.15 bits per heavy atom. The van der Waals surface area contributed by atoms with Crippen molar-refractivity contribution in [3.63, 3.8) is 0 Å². The van der Waals surface area contributed by atoms with Crippen LogP contribution in [0, 0.1) is 0 Å². The van der Waals surface area contributed by atoms with E-state index in [1.807, 2.05) is 24.3 Å². The van der Waals surface area contributed by atoms with Gasteiger partial charge in [-0.3, -0.25) is 10.1 Å². The number of carbonyl (C=O) groups excluding carboxylic acids is 2. The van der Waals surface area contributed by atoms with Crippen LogP contribution in [0.1, 0.15) is 49.5 Å². The maximum absolute atomic E-state index is 12.9. The number of fused-ring (bicyclic) bond motifs is 2. The van der Waals surface area contributed by atoms with E-state index in [1.54, 1.807) is 13.1 Å². The first-order valence-corrected chi connectivity index (χ1v) is 12.6. The number of ether oxygens (including phenoxy) is 1. The smallest absolute Gasteiger partial charge is 0.413 e. The predicted molar refractivity (Wildman–Crippen MR) is 131 cm³/mol. The first-order valence-electron chi connectivity index (χ1n) is 11.0. The highest BCUT2D eigenvalue weighted by atomic mass is 32.1. The molecule has 5 rings (SSSR count). The first-order chi connectivity index (χ1) is 16.1. The highest BCUT2D eigenvalue weighted by molar-refractivity contribution is 7.22. The van der Waals surface area contributed by atoms with Gasteiger partial charge in [0.25, 0.3) is 5.91 Å². The molecule has 33 heavy (non-hydrogen) atoms. The van der Waals surface area contributed by atoms with Crippen LogP contribution in [-0.2, 0) is 4.74 Å². The van der Waals surface area contributed by atoms with Gasteiger partial charge in [-0.05, 0) is 55.1 Å². The molecule has 0 saturated heterocycles. The molecule has 1 aliphatic rings. The Kier molecular flexibility index (Phi) is 6.19. The molecule has 3 aromatic heterocycles. The summed E-state index contributed by atoms with van der Waals surface area (Å²) in [6.07, 6.45) is 6.89. The average Bonchev–Trinajstić information content (AvgIpc) is 3.42. The molecule has 0 aliphatic heterocycles. The SMILES string of the molecule is CCOC(=O)Nc1nc2ccc(-c3cnc4snc(C(=O)NC5CCCCC5)c4c3)cc2s1. The number of pyridine rings is 1. The van der Waals surface area contributed by atoms with Gasteiger partial charge in [0.2, 0.25) is 0 Å². The van der Waals surface area contributed by atoms with E-state index < -0.39 is 6.09 Å². The second kappa shape index (κ2) is 9.40. The van der Waals surface area contributed by atoms with E-state index in [9.17, 15) is 9.59 Å². The Balaban J connectivity index is 1.41. The Bertz CT molecular complexity index is 1330. The fourth-order valence-corrected chi connectivity index (χ4v) is 5.67. The van der Waals surface area contributed by atoms with Gasteiger partial charge in [0.05, 0.1) is 16.8 Å². The molecule has 0 atom stereocenters. The molecule has 1 aromatic carbocycles. The summed E-state index contributed by atoms with van der Waals surface area (Å²) in [5, 5.41) is 7.05. The molecular weight excluding hydrogens is 458 g/mol. The van der Waals surface area contributed by atoms with Crippen LogP contribution in [0.25, 0.3) is 31.6 Å². The molecule has 1 saturated carbocycles. The lowest BCUT2D eigenvalue weighted by atomic mass is 9.95. The molecule has 0 spiro atoms. The van der Waals surface area contributed by atoms with Gasteiger partial charge in [0.15, 0.2) is 10.8 Å². The first kappa shape index (κ1) is 21.7. The number of nitrogens with zero attached hydrogens (tertiary/aromatic N) is 3. The molecule has 8 nitrogen and oxygen atoms in total. The van der Waals surface area contributed by atoms with Gasteiger partial charge in [-0.1, -0.05) is 36.7 Å². The highest BCUT2D eigenvalue weighted by Gasteiger charge is 2.21. The zero-order valence-electron chi connectivity index (χ0n) is 18.1. The molecule has 0 unspecified atom stereocenters. The van der Waals surface area contributed by atoms with Crippen LogP contribution in [0.15, 0.2) is 30.5 Å². The van der Waals surface area contributed by atoms with Crippen molar-refractivity contribution in [2.24, 2.45) is 0 Å². The monoisotopic (exact) mass is 481 g/mol. The van der Waals surface area contributed by atoms with Gasteiger partial charge < -0.3 is 10.1 Å². The second-order valence-corrected chi connectivity index (χ2v) is 9.75. The maximum Gasteiger partial charge on any atom is 0.413 e. The lowest BCUT2D eigenvalue weighted by molar-refractivity contribution is 0.0925. The fraction of sp³-hybridized carbons (Fsp3) is 0.348. The highest BCUT2D eigenvalue weighted by Crippen LogP contribution is 2.32. The van der Waals surface area contributed by atoms with Crippen molar-refractivity contribution in [3.05, 3.63) is 36.2 Å². The van der Waals surface area contributed by atoms with Crippen LogP contribution in [-0.4, -0.2) is 39.0 Å². The topological polar surface area (TPSA) is 106 Å². The Labute approximate surface area is 198 Å². The lowest BCUT2D eigenvalue weighted by Gasteiger charge is -2.22. The third-order valence-corrected chi connectivity index (χ3v) is 7.40. The molecule has 10 heteroatoms. The zero-order chi connectivity index (χ0) is 22.8. The number of aromatic nitrogens is 3. The number of amides is 2. The quantitative estimate of drug-likeness (QED) is 0.384. The van der Waals surface area contributed by atoms with E-state index >= 15 is 0 Å². The predicted octanol–water partition coefficient (Wildman–Crippen LogP) is 5.60. The summed E-state index contributed by atoms with van der Waals surface area (Å²) in [4.78, 5) is 34.3. The summed E-state index contributed by atoms with van der Waals surface area (Å²) in [5.74, 6) is -0.125. The second-order valence-electron chi connectivity index (χ2n) is 7.96. The standard InChI is InChI=1S/C23H23N5O3S2/c1-2-31-23(30)27-22-26-17-9-8-13(11-18(17)32-22)14-10-16-19(28-33-21(16)24-12-14)20(29)25-15-6-4-3-5-7-15/h8-12,15H,2-7H2,1H3,(H,25,29)(H,26,27,30). The third-order valence-electron chi connectivity index (χ3n) is 5.69. The number of rotatable bonds is 5. The fourth-order valence-electron chi connectivity index (χ4n) is 4.07. The van der Waals surface area contributed by atoms with Gasteiger partial charge in [0.1, 0.15) is 4.83 Å². The van der Waals surface area contributed by atoms with Crippen molar-refractivity contribution in [2.75, 3.05) is 11.9 Å². The summed E-state index contributed by atoms with van der Waals surface area (Å²) >= 11 is 2.62. The van der Waals surface area contributed by atoms with Crippen molar-refractivity contribution in [1.29, 1.82) is 0 Å². The normalized spacial score (nSPS) is 14.5. The maximum atomic E-state index is 12.9. The van der Waals surface area contributed by atoms with E-state index in [-0.39, 0.29) is 11.9 Å². The van der Waals surface area contributed by atoms with Gasteiger partial charge in [-0.25, -0.2) is 14.8 Å². The van der Waals surface area contributed by atoms with E-state index in [0.717, 1.165) is 57.2 Å². The minimum absolute atomic E-state index is 0.125. The number of hydrogen-bond donors (Lipinski definition) is 2. The van der Waals surface area contributed by atoms with Crippen LogP contribution in [0.4, 0.5) is 9.93 Å². The van der Waals surface area contributed by atoms with Crippen molar-refractivity contribution in [2.45, 2.75) is 45.1 Å². The minimum Gasteiger partial charge on any atom is -0.450 e. The van der Waals surface area contributed by atoms with Gasteiger partial charge >= 0.3 is 6.09 Å². The van der Waals surface area contributed by atoms with Crippen LogP contribution < -0.4 is 10.6 Å². The van der Waals surface area contributed by atoms with Crippen LogP contribution in [0.2, 0.25) is 0 Å². The van der Waals surface area contributed by atoms with E-state index in [1.165, 1.54) is 29.3 Å². The summed E-state index contributed by atoms with van der Waals surface area (Å²) in [7, 11) is 0. The molecule has 0 bridgehead atoms. The Morgan fingerprint density at radius 3 is 2.82 bits per heavy atom. The molecular formula is C23H23N5O3S2. The number of nitrogens with one attached hydrogen (secondary N) is 2. The molecule has 4 aromatic rings. The van der Waals surface area contributed by atoms with Crippen LogP contribution in [0.5, 0.6) is 0 Å². The number of anilines is 1. The van der Waals surface area contributed by atoms with Crippen molar-refractivity contribution >= 4 is 60.4 Å². The van der Waals surface area contributed by atoms with E-state index in [0.29, 0.717) is 17.4 Å². The minimum atomic E-state index is -0.518. The zero-order valence-corrected chi connectivity index (χ0v) is 19.7. The van der Waals surface area contributed by atoms with Crippen molar-refractivity contribution in [1.82, 2.24) is 19.7 Å². The largest absolute Gasteiger partial charge is 0.450 e. The van der Waals surface area contributed by atoms with E-state index in [2.05, 4.69) is 25.0 Å². The van der Waals surface area contributed by atoms with Crippen LogP contribution >= 0.6 is 22.9 Å². The Hall–Kier alpha value is -3.11. The Morgan fingerprint density at radius 2 is 2.00 bits per heavy atom. The summed E-state index contributed by atoms with van der Waals surface area (Å²) < 4.78 is 10.2.